The predicted octanol–water partition coefficient (Wildman–Crippen LogP) is 3.00. The summed E-state index contributed by atoms with van der Waals surface area (Å²) in [6, 6.07) is 8.31. The highest BCUT2D eigenvalue weighted by atomic mass is 32.2. The predicted molar refractivity (Wildman–Crippen MR) is 68.9 cm³/mol. The minimum absolute atomic E-state index is 1.08. The fraction of sp³-hybridized carbons (Fsp3) is 0.364. The van der Waals surface area contributed by atoms with E-state index in [1.54, 1.807) is 11.3 Å². The SMILES string of the molecule is CNCCCSc1nc2ccccc2s1. The number of nitrogens with one attached hydrogen (secondary N) is 1. The zero-order chi connectivity index (χ0) is 10.5. The van der Waals surface area contributed by atoms with Crippen molar-refractivity contribution >= 4 is 33.3 Å². The molecule has 0 amide bonds. The van der Waals surface area contributed by atoms with Gasteiger partial charge < -0.3 is 5.32 Å². The van der Waals surface area contributed by atoms with Gasteiger partial charge in [0.05, 0.1) is 10.2 Å². The van der Waals surface area contributed by atoms with Crippen LogP contribution in [0.2, 0.25) is 0 Å². The van der Waals surface area contributed by atoms with Gasteiger partial charge in [-0.2, -0.15) is 0 Å². The van der Waals surface area contributed by atoms with Crippen molar-refractivity contribution < 1.29 is 0 Å². The molecule has 0 aliphatic rings. The van der Waals surface area contributed by atoms with Crippen LogP contribution in [0, 0.1) is 0 Å². The molecule has 1 heterocycles. The third kappa shape index (κ3) is 2.93. The lowest BCUT2D eigenvalue weighted by Gasteiger charge is -1.96. The number of nitrogens with zero attached hydrogens (tertiary/aromatic N) is 1. The monoisotopic (exact) mass is 238 g/mol. The number of thiazole rings is 1. The van der Waals surface area contributed by atoms with Gasteiger partial charge in [0.1, 0.15) is 0 Å². The summed E-state index contributed by atoms with van der Waals surface area (Å²) >= 11 is 3.64. The molecule has 0 fully saturated rings. The molecule has 1 aromatic heterocycles. The van der Waals surface area contributed by atoms with E-state index in [9.17, 15) is 0 Å². The third-order valence-corrected chi connectivity index (χ3v) is 4.34. The van der Waals surface area contributed by atoms with Crippen LogP contribution in [-0.2, 0) is 0 Å². The first-order valence-corrected chi connectivity index (χ1v) is 6.83. The Kier molecular flexibility index (Phi) is 4.00. The molecule has 0 atom stereocenters. The lowest BCUT2D eigenvalue weighted by Crippen LogP contribution is -2.07. The summed E-state index contributed by atoms with van der Waals surface area (Å²) in [5.74, 6) is 1.14. The molecule has 2 nitrogen and oxygen atoms in total. The maximum absolute atomic E-state index is 4.57. The first-order chi connectivity index (χ1) is 7.40. The molecule has 15 heavy (non-hydrogen) atoms. The number of hydrogen-bond acceptors (Lipinski definition) is 4. The van der Waals surface area contributed by atoms with E-state index in [1.807, 2.05) is 24.9 Å². The Morgan fingerprint density at radius 3 is 3.07 bits per heavy atom. The molecule has 0 aliphatic carbocycles. The van der Waals surface area contributed by atoms with E-state index in [4.69, 9.17) is 0 Å². The van der Waals surface area contributed by atoms with Crippen LogP contribution in [-0.4, -0.2) is 24.3 Å². The molecule has 0 unspecified atom stereocenters. The highest BCUT2D eigenvalue weighted by molar-refractivity contribution is 8.01. The first-order valence-electron chi connectivity index (χ1n) is 5.03. The summed E-state index contributed by atoms with van der Waals surface area (Å²) in [5, 5.41) is 3.15. The van der Waals surface area contributed by atoms with Gasteiger partial charge in [0.25, 0.3) is 0 Å². The number of thioether (sulfide) groups is 1. The van der Waals surface area contributed by atoms with E-state index in [2.05, 4.69) is 28.5 Å². The van der Waals surface area contributed by atoms with Gasteiger partial charge in [0, 0.05) is 5.75 Å². The highest BCUT2D eigenvalue weighted by Crippen LogP contribution is 2.29. The minimum atomic E-state index is 1.08. The maximum atomic E-state index is 4.57. The highest BCUT2D eigenvalue weighted by Gasteiger charge is 2.02. The topological polar surface area (TPSA) is 24.9 Å². The molecule has 0 saturated heterocycles. The van der Waals surface area contributed by atoms with Gasteiger partial charge in [-0.3, -0.25) is 0 Å². The quantitative estimate of drug-likeness (QED) is 0.640. The molecule has 1 aromatic carbocycles. The summed E-state index contributed by atoms with van der Waals surface area (Å²) in [4.78, 5) is 4.57. The summed E-state index contributed by atoms with van der Waals surface area (Å²) in [7, 11) is 1.99. The summed E-state index contributed by atoms with van der Waals surface area (Å²) in [6.07, 6.45) is 1.19. The fourth-order valence-corrected chi connectivity index (χ4v) is 3.40. The second-order valence-corrected chi connectivity index (χ2v) is 5.63. The average Bonchev–Trinajstić information content (AvgIpc) is 2.67. The minimum Gasteiger partial charge on any atom is -0.320 e. The van der Waals surface area contributed by atoms with Crippen LogP contribution < -0.4 is 5.32 Å². The summed E-state index contributed by atoms with van der Waals surface area (Å²) < 4.78 is 2.47. The number of benzene rings is 1. The molecule has 1 N–H and O–H groups in total. The lowest BCUT2D eigenvalue weighted by molar-refractivity contribution is 0.778. The van der Waals surface area contributed by atoms with Crippen LogP contribution >= 0.6 is 23.1 Å². The molecule has 4 heteroatoms. The van der Waals surface area contributed by atoms with E-state index in [0.29, 0.717) is 0 Å². The average molecular weight is 238 g/mol. The summed E-state index contributed by atoms with van der Waals surface area (Å²) in [5.41, 5.74) is 1.12. The zero-order valence-corrected chi connectivity index (χ0v) is 10.3. The van der Waals surface area contributed by atoms with Crippen molar-refractivity contribution in [1.82, 2.24) is 10.3 Å². The van der Waals surface area contributed by atoms with Crippen LogP contribution in [0.25, 0.3) is 10.2 Å². The standard InChI is InChI=1S/C11H14N2S2/c1-12-7-4-8-14-11-13-9-5-2-3-6-10(9)15-11/h2-3,5-6,12H,4,7-8H2,1H3. The Morgan fingerprint density at radius 2 is 2.27 bits per heavy atom. The normalized spacial score (nSPS) is 11.0. The van der Waals surface area contributed by atoms with E-state index in [1.165, 1.54) is 15.5 Å². The number of fused-ring (bicyclic) bond motifs is 1. The van der Waals surface area contributed by atoms with Gasteiger partial charge in [0.2, 0.25) is 0 Å². The second kappa shape index (κ2) is 5.49. The van der Waals surface area contributed by atoms with Gasteiger partial charge in [-0.15, -0.1) is 11.3 Å². The Bertz CT molecular complexity index is 392. The largest absolute Gasteiger partial charge is 0.320 e. The number of hydrogen-bond donors (Lipinski definition) is 1. The number of para-hydroxylation sites is 1. The number of aromatic nitrogens is 1. The van der Waals surface area contributed by atoms with Crippen LogP contribution in [0.3, 0.4) is 0 Å². The Morgan fingerprint density at radius 1 is 1.40 bits per heavy atom. The maximum Gasteiger partial charge on any atom is 0.151 e. The van der Waals surface area contributed by atoms with E-state index < -0.39 is 0 Å². The second-order valence-electron chi connectivity index (χ2n) is 3.25. The molecule has 0 bridgehead atoms. The molecule has 0 radical (unpaired) electrons. The van der Waals surface area contributed by atoms with E-state index in [-0.39, 0.29) is 0 Å². The molecular weight excluding hydrogens is 224 g/mol. The summed E-state index contributed by atoms with van der Waals surface area (Å²) in [6.45, 7) is 1.08. The molecule has 0 aliphatic heterocycles. The van der Waals surface area contributed by atoms with Gasteiger partial charge in [0.15, 0.2) is 4.34 Å². The zero-order valence-electron chi connectivity index (χ0n) is 8.69. The molecule has 2 rings (SSSR count). The van der Waals surface area contributed by atoms with Gasteiger partial charge in [-0.25, -0.2) is 4.98 Å². The van der Waals surface area contributed by atoms with Crippen molar-refractivity contribution in [2.45, 2.75) is 10.8 Å². The molecule has 0 saturated carbocycles. The van der Waals surface area contributed by atoms with Gasteiger partial charge in [-0.1, -0.05) is 23.9 Å². The third-order valence-electron chi connectivity index (χ3n) is 2.07. The molecule has 80 valence electrons. The van der Waals surface area contributed by atoms with Crippen LogP contribution in [0.1, 0.15) is 6.42 Å². The fourth-order valence-electron chi connectivity index (χ4n) is 1.32. The van der Waals surface area contributed by atoms with Crippen molar-refractivity contribution in [2.24, 2.45) is 0 Å². The smallest absolute Gasteiger partial charge is 0.151 e. The van der Waals surface area contributed by atoms with Gasteiger partial charge >= 0.3 is 0 Å². The van der Waals surface area contributed by atoms with E-state index in [0.717, 1.165) is 17.8 Å². The molecule has 0 spiro atoms. The lowest BCUT2D eigenvalue weighted by atomic mass is 10.3. The Hall–Kier alpha value is -0.580. The Balaban J connectivity index is 1.97. The van der Waals surface area contributed by atoms with Crippen LogP contribution in [0.4, 0.5) is 0 Å². The van der Waals surface area contributed by atoms with Crippen molar-refractivity contribution in [2.75, 3.05) is 19.3 Å². The number of rotatable bonds is 5. The van der Waals surface area contributed by atoms with Crippen LogP contribution in [0.15, 0.2) is 28.6 Å². The van der Waals surface area contributed by atoms with Crippen molar-refractivity contribution in [3.63, 3.8) is 0 Å². The van der Waals surface area contributed by atoms with E-state index >= 15 is 0 Å². The molecule has 2 aromatic rings. The van der Waals surface area contributed by atoms with Crippen molar-refractivity contribution in [1.29, 1.82) is 0 Å². The first kappa shape index (κ1) is 10.9. The van der Waals surface area contributed by atoms with Crippen molar-refractivity contribution in [3.8, 4) is 0 Å². The molecular formula is C11H14N2S2. The van der Waals surface area contributed by atoms with Gasteiger partial charge in [-0.05, 0) is 32.1 Å². The Labute approximate surface area is 98.1 Å². The van der Waals surface area contributed by atoms with Crippen LogP contribution in [0.5, 0.6) is 0 Å². The van der Waals surface area contributed by atoms with Crippen molar-refractivity contribution in [3.05, 3.63) is 24.3 Å².